The van der Waals surface area contributed by atoms with Crippen LogP contribution in [0.1, 0.15) is 39.0 Å². The Morgan fingerprint density at radius 3 is 2.79 bits per heavy atom. The lowest BCUT2D eigenvalue weighted by molar-refractivity contribution is -0.119. The molecular formula is C16H26N2O. The van der Waals surface area contributed by atoms with Gasteiger partial charge in [-0.2, -0.15) is 0 Å². The quantitative estimate of drug-likeness (QED) is 0.825. The SMILES string of the molecule is CC(=O)NCCN1CCC(CC2=CCCC=C2)CC1. The lowest BCUT2D eigenvalue weighted by atomic mass is 9.88. The van der Waals surface area contributed by atoms with Crippen molar-refractivity contribution in [1.82, 2.24) is 10.2 Å². The van der Waals surface area contributed by atoms with Crippen molar-refractivity contribution in [3.05, 3.63) is 23.8 Å². The Kier molecular flexibility index (Phi) is 5.64. The summed E-state index contributed by atoms with van der Waals surface area (Å²) < 4.78 is 0. The molecule has 19 heavy (non-hydrogen) atoms. The number of likely N-dealkylation sites (tertiary alicyclic amines) is 1. The fourth-order valence-electron chi connectivity index (χ4n) is 2.96. The standard InChI is InChI=1S/C16H26N2O/c1-14(19)17-9-12-18-10-7-16(8-11-18)13-15-5-3-2-4-6-15/h3,5-6,16H,2,4,7-13H2,1H3,(H,17,19). The van der Waals surface area contributed by atoms with Gasteiger partial charge < -0.3 is 10.2 Å². The van der Waals surface area contributed by atoms with Crippen LogP contribution in [0.5, 0.6) is 0 Å². The Labute approximate surface area is 116 Å². The van der Waals surface area contributed by atoms with Gasteiger partial charge in [0.25, 0.3) is 0 Å². The van der Waals surface area contributed by atoms with Gasteiger partial charge in [0.2, 0.25) is 5.91 Å². The Morgan fingerprint density at radius 2 is 2.16 bits per heavy atom. The lowest BCUT2D eigenvalue weighted by Crippen LogP contribution is -2.39. The Morgan fingerprint density at radius 1 is 1.37 bits per heavy atom. The van der Waals surface area contributed by atoms with Crippen LogP contribution < -0.4 is 5.32 Å². The van der Waals surface area contributed by atoms with E-state index in [1.807, 2.05) is 0 Å². The molecule has 2 aliphatic rings. The largest absolute Gasteiger partial charge is 0.355 e. The van der Waals surface area contributed by atoms with Crippen LogP contribution in [0.25, 0.3) is 0 Å². The second-order valence-corrected chi connectivity index (χ2v) is 5.73. The predicted molar refractivity (Wildman–Crippen MR) is 78.9 cm³/mol. The van der Waals surface area contributed by atoms with Crippen molar-refractivity contribution in [2.45, 2.75) is 39.0 Å². The second kappa shape index (κ2) is 7.49. The van der Waals surface area contributed by atoms with Crippen molar-refractivity contribution in [2.75, 3.05) is 26.2 Å². The van der Waals surface area contributed by atoms with Crippen molar-refractivity contribution in [3.63, 3.8) is 0 Å². The fourth-order valence-corrected chi connectivity index (χ4v) is 2.96. The minimum absolute atomic E-state index is 0.0749. The number of hydrogen-bond donors (Lipinski definition) is 1. The molecule has 1 amide bonds. The summed E-state index contributed by atoms with van der Waals surface area (Å²) in [6.07, 6.45) is 13.3. The van der Waals surface area contributed by atoms with Crippen molar-refractivity contribution in [2.24, 2.45) is 5.92 Å². The molecule has 106 valence electrons. The molecule has 1 saturated heterocycles. The zero-order valence-electron chi connectivity index (χ0n) is 12.0. The van der Waals surface area contributed by atoms with Gasteiger partial charge in [-0.05, 0) is 51.1 Å². The summed E-state index contributed by atoms with van der Waals surface area (Å²) in [5.41, 5.74) is 1.54. The van der Waals surface area contributed by atoms with E-state index in [0.29, 0.717) is 0 Å². The molecule has 0 spiro atoms. The number of carbonyl (C=O) groups is 1. The van der Waals surface area contributed by atoms with Gasteiger partial charge in [-0.1, -0.05) is 23.8 Å². The van der Waals surface area contributed by atoms with Gasteiger partial charge in [-0.15, -0.1) is 0 Å². The number of allylic oxidation sites excluding steroid dienone is 4. The molecule has 0 radical (unpaired) electrons. The van der Waals surface area contributed by atoms with E-state index in [1.54, 1.807) is 12.5 Å². The average Bonchev–Trinajstić information content (AvgIpc) is 2.42. The van der Waals surface area contributed by atoms with Crippen LogP contribution in [-0.2, 0) is 4.79 Å². The molecule has 1 fully saturated rings. The summed E-state index contributed by atoms with van der Waals surface area (Å²) in [7, 11) is 0. The number of amides is 1. The molecule has 0 atom stereocenters. The molecule has 3 nitrogen and oxygen atoms in total. The number of rotatable bonds is 5. The van der Waals surface area contributed by atoms with Crippen LogP contribution in [0.2, 0.25) is 0 Å². The minimum Gasteiger partial charge on any atom is -0.355 e. The van der Waals surface area contributed by atoms with E-state index < -0.39 is 0 Å². The summed E-state index contributed by atoms with van der Waals surface area (Å²) >= 11 is 0. The van der Waals surface area contributed by atoms with Crippen LogP contribution in [0.3, 0.4) is 0 Å². The Hall–Kier alpha value is -1.09. The monoisotopic (exact) mass is 262 g/mol. The van der Waals surface area contributed by atoms with Crippen LogP contribution in [0, 0.1) is 5.92 Å². The molecule has 3 heteroatoms. The van der Waals surface area contributed by atoms with Gasteiger partial charge in [0, 0.05) is 20.0 Å². The first-order valence-electron chi connectivity index (χ1n) is 7.56. The zero-order chi connectivity index (χ0) is 13.5. The molecule has 1 N–H and O–H groups in total. The van der Waals surface area contributed by atoms with Crippen molar-refractivity contribution < 1.29 is 4.79 Å². The van der Waals surface area contributed by atoms with Gasteiger partial charge >= 0.3 is 0 Å². The third-order valence-corrected chi connectivity index (χ3v) is 4.11. The van der Waals surface area contributed by atoms with Crippen LogP contribution in [-0.4, -0.2) is 37.0 Å². The molecule has 0 unspecified atom stereocenters. The van der Waals surface area contributed by atoms with Gasteiger partial charge in [0.15, 0.2) is 0 Å². The second-order valence-electron chi connectivity index (χ2n) is 5.73. The number of nitrogens with one attached hydrogen (secondary N) is 1. The van der Waals surface area contributed by atoms with Crippen LogP contribution in [0.15, 0.2) is 23.8 Å². The molecule has 1 aliphatic carbocycles. The highest BCUT2D eigenvalue weighted by Crippen LogP contribution is 2.26. The highest BCUT2D eigenvalue weighted by Gasteiger charge is 2.19. The summed E-state index contributed by atoms with van der Waals surface area (Å²) in [5.74, 6) is 0.928. The average molecular weight is 262 g/mol. The first-order valence-corrected chi connectivity index (χ1v) is 7.56. The van der Waals surface area contributed by atoms with E-state index in [4.69, 9.17) is 0 Å². The van der Waals surface area contributed by atoms with Gasteiger partial charge in [0.05, 0.1) is 0 Å². The highest BCUT2D eigenvalue weighted by molar-refractivity contribution is 5.72. The number of piperidine rings is 1. The van der Waals surface area contributed by atoms with E-state index >= 15 is 0 Å². The molecule has 0 bridgehead atoms. The first kappa shape index (κ1) is 14.3. The van der Waals surface area contributed by atoms with Crippen LogP contribution in [0.4, 0.5) is 0 Å². The van der Waals surface area contributed by atoms with Gasteiger partial charge in [-0.3, -0.25) is 4.79 Å². The van der Waals surface area contributed by atoms with Crippen molar-refractivity contribution in [3.8, 4) is 0 Å². The van der Waals surface area contributed by atoms with E-state index in [9.17, 15) is 4.79 Å². The normalized spacial score (nSPS) is 21.2. The molecule has 0 aromatic heterocycles. The van der Waals surface area contributed by atoms with E-state index in [2.05, 4.69) is 28.4 Å². The first-order chi connectivity index (χ1) is 9.24. The maximum absolute atomic E-state index is 10.8. The molecule has 1 heterocycles. The third kappa shape index (κ3) is 5.19. The van der Waals surface area contributed by atoms with Crippen molar-refractivity contribution in [1.29, 1.82) is 0 Å². The summed E-state index contributed by atoms with van der Waals surface area (Å²) in [4.78, 5) is 13.3. The molecule has 0 aromatic carbocycles. The number of hydrogen-bond acceptors (Lipinski definition) is 2. The summed E-state index contributed by atoms with van der Waals surface area (Å²) in [6, 6.07) is 0. The summed E-state index contributed by atoms with van der Waals surface area (Å²) in [5, 5.41) is 2.87. The fraction of sp³-hybridized carbons (Fsp3) is 0.688. The Bertz CT molecular complexity index is 352. The number of nitrogens with zero attached hydrogens (tertiary/aromatic N) is 1. The third-order valence-electron chi connectivity index (χ3n) is 4.11. The smallest absolute Gasteiger partial charge is 0.216 e. The predicted octanol–water partition coefficient (Wildman–Crippen LogP) is 2.50. The van der Waals surface area contributed by atoms with E-state index in [-0.39, 0.29) is 5.91 Å². The molecule has 0 aromatic rings. The summed E-state index contributed by atoms with van der Waals surface area (Å²) in [6.45, 7) is 5.73. The molecule has 1 aliphatic heterocycles. The highest BCUT2D eigenvalue weighted by atomic mass is 16.1. The minimum atomic E-state index is 0.0749. The number of carbonyl (C=O) groups excluding carboxylic acids is 1. The van der Waals surface area contributed by atoms with Crippen molar-refractivity contribution >= 4 is 5.91 Å². The van der Waals surface area contributed by atoms with Gasteiger partial charge in [0.1, 0.15) is 0 Å². The molecular weight excluding hydrogens is 236 g/mol. The molecule has 2 rings (SSSR count). The molecule has 0 saturated carbocycles. The maximum atomic E-state index is 10.8. The van der Waals surface area contributed by atoms with Crippen LogP contribution >= 0.6 is 0 Å². The zero-order valence-corrected chi connectivity index (χ0v) is 12.0. The maximum Gasteiger partial charge on any atom is 0.216 e. The lowest BCUT2D eigenvalue weighted by Gasteiger charge is -2.32. The van der Waals surface area contributed by atoms with Gasteiger partial charge in [-0.25, -0.2) is 0 Å². The topological polar surface area (TPSA) is 32.3 Å². The van der Waals surface area contributed by atoms with E-state index in [0.717, 1.165) is 19.0 Å². The Balaban J connectivity index is 1.63. The van der Waals surface area contributed by atoms with E-state index in [1.165, 1.54) is 45.2 Å².